The first kappa shape index (κ1) is 15.0. The number of carboxylic acids is 1. The SMILES string of the molecule is CCN(CC)c1ccc(N(CC)C(=O)C(=O)O)cc1. The number of carboxylic acid groups (broad SMARTS) is 1. The maximum absolute atomic E-state index is 11.5. The van der Waals surface area contributed by atoms with Crippen LogP contribution in [0.25, 0.3) is 0 Å². The highest BCUT2D eigenvalue weighted by atomic mass is 16.4. The molecular weight excluding hydrogens is 244 g/mol. The van der Waals surface area contributed by atoms with Crippen molar-refractivity contribution in [3.05, 3.63) is 24.3 Å². The Labute approximate surface area is 113 Å². The molecular formula is C14H20N2O3. The zero-order valence-corrected chi connectivity index (χ0v) is 11.6. The second-order valence-electron chi connectivity index (χ2n) is 4.04. The molecule has 0 aliphatic heterocycles. The summed E-state index contributed by atoms with van der Waals surface area (Å²) in [6, 6.07) is 7.36. The van der Waals surface area contributed by atoms with Crippen molar-refractivity contribution < 1.29 is 14.7 Å². The van der Waals surface area contributed by atoms with Gasteiger partial charge in [0.1, 0.15) is 0 Å². The van der Waals surface area contributed by atoms with Crippen LogP contribution >= 0.6 is 0 Å². The molecule has 0 aliphatic rings. The van der Waals surface area contributed by atoms with Gasteiger partial charge in [-0.2, -0.15) is 0 Å². The minimum atomic E-state index is -1.44. The highest BCUT2D eigenvalue weighted by molar-refractivity contribution is 6.37. The van der Waals surface area contributed by atoms with Crippen LogP contribution in [0.3, 0.4) is 0 Å². The molecule has 0 bridgehead atoms. The number of carbonyl (C=O) groups is 2. The van der Waals surface area contributed by atoms with Crippen molar-refractivity contribution in [3.63, 3.8) is 0 Å². The van der Waals surface area contributed by atoms with Gasteiger partial charge in [-0.25, -0.2) is 4.79 Å². The Morgan fingerprint density at radius 3 is 1.79 bits per heavy atom. The molecule has 0 fully saturated rings. The van der Waals surface area contributed by atoms with Gasteiger partial charge in [0.15, 0.2) is 0 Å². The lowest BCUT2D eigenvalue weighted by molar-refractivity contribution is -0.148. The summed E-state index contributed by atoms with van der Waals surface area (Å²) < 4.78 is 0. The largest absolute Gasteiger partial charge is 0.474 e. The van der Waals surface area contributed by atoms with E-state index in [1.54, 1.807) is 19.1 Å². The molecule has 104 valence electrons. The van der Waals surface area contributed by atoms with Crippen LogP contribution < -0.4 is 9.80 Å². The third kappa shape index (κ3) is 3.47. The predicted octanol–water partition coefficient (Wildman–Crippen LogP) is 1.97. The number of benzene rings is 1. The summed E-state index contributed by atoms with van der Waals surface area (Å²) in [4.78, 5) is 25.7. The van der Waals surface area contributed by atoms with E-state index >= 15 is 0 Å². The monoisotopic (exact) mass is 264 g/mol. The summed E-state index contributed by atoms with van der Waals surface area (Å²) in [5.74, 6) is -2.34. The Morgan fingerprint density at radius 1 is 0.947 bits per heavy atom. The van der Waals surface area contributed by atoms with Crippen LogP contribution in [0, 0.1) is 0 Å². The van der Waals surface area contributed by atoms with Crippen LogP contribution in [0.4, 0.5) is 11.4 Å². The topological polar surface area (TPSA) is 60.9 Å². The summed E-state index contributed by atoms with van der Waals surface area (Å²) in [6.45, 7) is 8.03. The molecule has 1 aromatic carbocycles. The number of nitrogens with zero attached hydrogens (tertiary/aromatic N) is 2. The van der Waals surface area contributed by atoms with Crippen molar-refractivity contribution in [1.29, 1.82) is 0 Å². The van der Waals surface area contributed by atoms with E-state index in [0.717, 1.165) is 18.8 Å². The number of hydrogen-bond acceptors (Lipinski definition) is 3. The molecule has 0 unspecified atom stereocenters. The Kier molecular flexibility index (Phi) is 5.36. The molecule has 0 saturated heterocycles. The van der Waals surface area contributed by atoms with Gasteiger partial charge in [0.2, 0.25) is 0 Å². The van der Waals surface area contributed by atoms with Crippen LogP contribution in [0.2, 0.25) is 0 Å². The fraction of sp³-hybridized carbons (Fsp3) is 0.429. The fourth-order valence-electron chi connectivity index (χ4n) is 1.99. The lowest BCUT2D eigenvalue weighted by Crippen LogP contribution is -2.36. The van der Waals surface area contributed by atoms with Crippen LogP contribution in [-0.4, -0.2) is 36.6 Å². The van der Waals surface area contributed by atoms with Gasteiger partial charge in [-0.3, -0.25) is 4.79 Å². The van der Waals surface area contributed by atoms with E-state index in [1.165, 1.54) is 4.90 Å². The Hall–Kier alpha value is -2.04. The predicted molar refractivity (Wildman–Crippen MR) is 75.7 cm³/mol. The Balaban J connectivity index is 2.96. The molecule has 0 spiro atoms. The van der Waals surface area contributed by atoms with Crippen LogP contribution in [0.1, 0.15) is 20.8 Å². The normalized spacial score (nSPS) is 10.1. The molecule has 0 aliphatic carbocycles. The minimum absolute atomic E-state index is 0.329. The van der Waals surface area contributed by atoms with E-state index in [2.05, 4.69) is 18.7 Å². The number of carbonyl (C=O) groups excluding carboxylic acids is 1. The molecule has 1 rings (SSSR count). The number of anilines is 2. The van der Waals surface area contributed by atoms with E-state index in [1.807, 2.05) is 12.1 Å². The molecule has 0 radical (unpaired) electrons. The smallest absolute Gasteiger partial charge is 0.394 e. The third-order valence-corrected chi connectivity index (χ3v) is 3.03. The maximum Gasteiger partial charge on any atom is 0.394 e. The number of amides is 1. The van der Waals surface area contributed by atoms with Gasteiger partial charge in [0, 0.05) is 31.0 Å². The Bertz CT molecular complexity index is 439. The summed E-state index contributed by atoms with van der Waals surface area (Å²) >= 11 is 0. The first-order chi connectivity index (χ1) is 9.04. The average molecular weight is 264 g/mol. The summed E-state index contributed by atoms with van der Waals surface area (Å²) in [7, 11) is 0. The highest BCUT2D eigenvalue weighted by Crippen LogP contribution is 2.20. The minimum Gasteiger partial charge on any atom is -0.474 e. The van der Waals surface area contributed by atoms with Crippen LogP contribution in [0.15, 0.2) is 24.3 Å². The molecule has 0 heterocycles. The molecule has 1 aromatic rings. The first-order valence-electron chi connectivity index (χ1n) is 6.44. The summed E-state index contributed by atoms with van der Waals surface area (Å²) in [6.07, 6.45) is 0. The molecule has 0 aromatic heterocycles. The van der Waals surface area contributed by atoms with Crippen molar-refractivity contribution in [1.82, 2.24) is 0 Å². The standard InChI is InChI=1S/C14H20N2O3/c1-4-15(5-2)11-7-9-12(10-8-11)16(6-3)13(17)14(18)19/h7-10H,4-6H2,1-3H3,(H,18,19). The average Bonchev–Trinajstić information content (AvgIpc) is 2.42. The molecule has 0 atom stereocenters. The van der Waals surface area contributed by atoms with Crippen LogP contribution in [-0.2, 0) is 9.59 Å². The van der Waals surface area contributed by atoms with Crippen molar-refractivity contribution >= 4 is 23.3 Å². The van der Waals surface area contributed by atoms with E-state index in [4.69, 9.17) is 5.11 Å². The first-order valence-corrected chi connectivity index (χ1v) is 6.44. The zero-order chi connectivity index (χ0) is 14.4. The van der Waals surface area contributed by atoms with Crippen molar-refractivity contribution in [2.45, 2.75) is 20.8 Å². The van der Waals surface area contributed by atoms with Crippen molar-refractivity contribution in [3.8, 4) is 0 Å². The maximum atomic E-state index is 11.5. The molecule has 19 heavy (non-hydrogen) atoms. The number of rotatable bonds is 5. The van der Waals surface area contributed by atoms with E-state index in [-0.39, 0.29) is 0 Å². The van der Waals surface area contributed by atoms with Gasteiger partial charge in [-0.1, -0.05) is 0 Å². The quantitative estimate of drug-likeness (QED) is 0.826. The molecule has 5 heteroatoms. The third-order valence-electron chi connectivity index (χ3n) is 3.03. The van der Waals surface area contributed by atoms with Gasteiger partial charge < -0.3 is 14.9 Å². The number of aliphatic carboxylic acids is 1. The van der Waals surface area contributed by atoms with Gasteiger partial charge >= 0.3 is 11.9 Å². The molecule has 1 N–H and O–H groups in total. The molecule has 0 saturated carbocycles. The zero-order valence-electron chi connectivity index (χ0n) is 11.6. The lowest BCUT2D eigenvalue weighted by atomic mass is 10.2. The van der Waals surface area contributed by atoms with Gasteiger partial charge in [-0.05, 0) is 45.0 Å². The number of likely N-dealkylation sites (N-methyl/N-ethyl adjacent to an activating group) is 1. The number of hydrogen-bond donors (Lipinski definition) is 1. The van der Waals surface area contributed by atoms with Crippen molar-refractivity contribution in [2.24, 2.45) is 0 Å². The lowest BCUT2D eigenvalue weighted by Gasteiger charge is -2.23. The Morgan fingerprint density at radius 2 is 1.42 bits per heavy atom. The second kappa shape index (κ2) is 6.78. The molecule has 5 nitrogen and oxygen atoms in total. The second-order valence-corrected chi connectivity index (χ2v) is 4.04. The highest BCUT2D eigenvalue weighted by Gasteiger charge is 2.20. The fourth-order valence-corrected chi connectivity index (χ4v) is 1.99. The molecule has 1 amide bonds. The summed E-state index contributed by atoms with van der Waals surface area (Å²) in [5.41, 5.74) is 1.67. The van der Waals surface area contributed by atoms with Crippen LogP contribution in [0.5, 0.6) is 0 Å². The van der Waals surface area contributed by atoms with E-state index < -0.39 is 11.9 Å². The van der Waals surface area contributed by atoms with Gasteiger partial charge in [-0.15, -0.1) is 0 Å². The van der Waals surface area contributed by atoms with E-state index in [9.17, 15) is 9.59 Å². The summed E-state index contributed by atoms with van der Waals surface area (Å²) in [5, 5.41) is 8.76. The van der Waals surface area contributed by atoms with E-state index in [0.29, 0.717) is 12.2 Å². The van der Waals surface area contributed by atoms with Crippen molar-refractivity contribution in [2.75, 3.05) is 29.4 Å². The van der Waals surface area contributed by atoms with Gasteiger partial charge in [0.25, 0.3) is 0 Å². The van der Waals surface area contributed by atoms with Gasteiger partial charge in [0.05, 0.1) is 0 Å².